The van der Waals surface area contributed by atoms with Gasteiger partial charge in [0.05, 0.1) is 12.2 Å². The van der Waals surface area contributed by atoms with Crippen molar-refractivity contribution in [3.05, 3.63) is 41.7 Å². The van der Waals surface area contributed by atoms with E-state index in [0.717, 1.165) is 11.1 Å². The molecule has 0 spiro atoms. The number of aliphatic hydroxyl groups is 1. The molecule has 0 amide bonds. The second-order valence-electron chi connectivity index (χ2n) is 3.80. The van der Waals surface area contributed by atoms with Crippen LogP contribution in [0.3, 0.4) is 0 Å². The molecule has 0 saturated carbocycles. The van der Waals surface area contributed by atoms with Crippen LogP contribution in [0.2, 0.25) is 0 Å². The molecule has 94 valence electrons. The number of nitrogen functional groups attached to an aromatic ring is 1. The molecule has 0 aliphatic rings. The predicted molar refractivity (Wildman–Crippen MR) is 68.3 cm³/mol. The van der Waals surface area contributed by atoms with Gasteiger partial charge in [0.25, 0.3) is 0 Å². The maximum absolute atomic E-state index is 8.96. The molecule has 2 aromatic rings. The van der Waals surface area contributed by atoms with E-state index in [9.17, 15) is 0 Å². The Labute approximate surface area is 105 Å². The Balaban J connectivity index is 2.25. The van der Waals surface area contributed by atoms with Crippen LogP contribution in [0.5, 0.6) is 11.6 Å². The van der Waals surface area contributed by atoms with E-state index in [-0.39, 0.29) is 6.61 Å². The fraction of sp³-hybridized carbons (Fsp3) is 0.231. The molecule has 1 aromatic heterocycles. The third-order valence-electron chi connectivity index (χ3n) is 2.61. The number of ether oxygens (including phenoxy) is 1. The Hall–Kier alpha value is -2.14. The Morgan fingerprint density at radius 2 is 1.94 bits per heavy atom. The van der Waals surface area contributed by atoms with Crippen molar-refractivity contribution in [2.24, 2.45) is 0 Å². The molecular weight excluding hydrogens is 230 g/mol. The first kappa shape index (κ1) is 12.3. The summed E-state index contributed by atoms with van der Waals surface area (Å²) in [6, 6.07) is 7.16. The van der Waals surface area contributed by atoms with Crippen LogP contribution in [-0.4, -0.2) is 15.1 Å². The lowest BCUT2D eigenvalue weighted by Crippen LogP contribution is -2.01. The quantitative estimate of drug-likeness (QED) is 0.859. The fourth-order valence-electron chi connectivity index (χ4n) is 1.60. The van der Waals surface area contributed by atoms with Crippen molar-refractivity contribution in [1.82, 2.24) is 9.97 Å². The van der Waals surface area contributed by atoms with Gasteiger partial charge in [0.2, 0.25) is 5.88 Å². The molecule has 0 unspecified atom stereocenters. The zero-order chi connectivity index (χ0) is 13.0. The van der Waals surface area contributed by atoms with E-state index in [2.05, 4.69) is 9.97 Å². The number of hydrogen-bond donors (Lipinski definition) is 2. The first-order valence-corrected chi connectivity index (χ1v) is 5.71. The molecule has 0 saturated heterocycles. The number of rotatable bonds is 4. The van der Waals surface area contributed by atoms with Crippen LogP contribution < -0.4 is 10.5 Å². The van der Waals surface area contributed by atoms with E-state index in [0.29, 0.717) is 23.9 Å². The lowest BCUT2D eigenvalue weighted by Gasteiger charge is -2.10. The molecule has 0 aliphatic carbocycles. The van der Waals surface area contributed by atoms with Gasteiger partial charge in [-0.2, -0.15) is 0 Å². The van der Waals surface area contributed by atoms with Gasteiger partial charge in [-0.15, -0.1) is 0 Å². The Morgan fingerprint density at radius 3 is 2.56 bits per heavy atom. The number of nitrogens with zero attached hydrogens (tertiary/aromatic N) is 2. The maximum Gasteiger partial charge on any atom is 0.227 e. The highest BCUT2D eigenvalue weighted by molar-refractivity contribution is 5.46. The van der Waals surface area contributed by atoms with Crippen LogP contribution in [0.1, 0.15) is 18.1 Å². The highest BCUT2D eigenvalue weighted by Gasteiger charge is 2.09. The van der Waals surface area contributed by atoms with Gasteiger partial charge in [0.1, 0.15) is 17.9 Å². The molecular formula is C13H15N3O2. The summed E-state index contributed by atoms with van der Waals surface area (Å²) < 4.78 is 5.67. The minimum Gasteiger partial charge on any atom is -0.439 e. The molecule has 0 bridgehead atoms. The van der Waals surface area contributed by atoms with Crippen molar-refractivity contribution in [3.8, 4) is 11.6 Å². The average molecular weight is 245 g/mol. The largest absolute Gasteiger partial charge is 0.439 e. The van der Waals surface area contributed by atoms with Gasteiger partial charge in [0.15, 0.2) is 0 Å². The smallest absolute Gasteiger partial charge is 0.227 e. The fourth-order valence-corrected chi connectivity index (χ4v) is 1.60. The summed E-state index contributed by atoms with van der Waals surface area (Å²) in [5.41, 5.74) is 7.40. The Morgan fingerprint density at radius 1 is 1.22 bits per heavy atom. The van der Waals surface area contributed by atoms with E-state index in [1.165, 1.54) is 6.33 Å². The molecule has 0 fully saturated rings. The van der Waals surface area contributed by atoms with Gasteiger partial charge in [-0.1, -0.05) is 19.1 Å². The number of benzene rings is 1. The predicted octanol–water partition coefficient (Wildman–Crippen LogP) is 1.91. The van der Waals surface area contributed by atoms with Crippen molar-refractivity contribution in [3.63, 3.8) is 0 Å². The van der Waals surface area contributed by atoms with Crippen LogP contribution in [0.4, 0.5) is 5.82 Å². The minimum atomic E-state index is 0.0148. The first-order chi connectivity index (χ1) is 8.74. The topological polar surface area (TPSA) is 81.3 Å². The normalized spacial score (nSPS) is 10.3. The summed E-state index contributed by atoms with van der Waals surface area (Å²) >= 11 is 0. The van der Waals surface area contributed by atoms with E-state index in [1.54, 1.807) is 24.3 Å². The number of aliphatic hydroxyl groups excluding tert-OH is 1. The molecule has 0 aliphatic heterocycles. The van der Waals surface area contributed by atoms with Crippen LogP contribution in [0.15, 0.2) is 30.6 Å². The van der Waals surface area contributed by atoms with E-state index < -0.39 is 0 Å². The molecule has 0 atom stereocenters. The molecule has 1 heterocycles. The zero-order valence-corrected chi connectivity index (χ0v) is 10.1. The molecule has 5 nitrogen and oxygen atoms in total. The lowest BCUT2D eigenvalue weighted by atomic mass is 10.2. The van der Waals surface area contributed by atoms with Crippen LogP contribution >= 0.6 is 0 Å². The van der Waals surface area contributed by atoms with Gasteiger partial charge in [-0.3, -0.25) is 0 Å². The number of hydrogen-bond acceptors (Lipinski definition) is 5. The zero-order valence-electron chi connectivity index (χ0n) is 10.1. The van der Waals surface area contributed by atoms with E-state index in [4.69, 9.17) is 15.6 Å². The monoisotopic (exact) mass is 245 g/mol. The summed E-state index contributed by atoms with van der Waals surface area (Å²) in [6.07, 6.45) is 2.09. The third kappa shape index (κ3) is 2.57. The van der Waals surface area contributed by atoms with Crippen molar-refractivity contribution in [1.29, 1.82) is 0 Å². The summed E-state index contributed by atoms with van der Waals surface area (Å²) in [6.45, 7) is 1.98. The third-order valence-corrected chi connectivity index (χ3v) is 2.61. The van der Waals surface area contributed by atoms with Crippen molar-refractivity contribution in [2.75, 3.05) is 5.73 Å². The highest BCUT2D eigenvalue weighted by Crippen LogP contribution is 2.26. The van der Waals surface area contributed by atoms with E-state index in [1.807, 2.05) is 6.92 Å². The maximum atomic E-state index is 8.96. The lowest BCUT2D eigenvalue weighted by molar-refractivity contribution is 0.281. The van der Waals surface area contributed by atoms with Gasteiger partial charge in [0, 0.05) is 0 Å². The van der Waals surface area contributed by atoms with Gasteiger partial charge in [-0.05, 0) is 24.1 Å². The second kappa shape index (κ2) is 5.46. The van der Waals surface area contributed by atoms with Crippen molar-refractivity contribution < 1.29 is 9.84 Å². The molecule has 0 radical (unpaired) electrons. The minimum absolute atomic E-state index is 0.0148. The van der Waals surface area contributed by atoms with Crippen molar-refractivity contribution >= 4 is 5.82 Å². The average Bonchev–Trinajstić information content (AvgIpc) is 2.40. The number of anilines is 1. The standard InChI is InChI=1S/C13H15N3O2/c1-2-11-12(14)15-8-16-13(11)18-10-5-3-9(7-17)4-6-10/h3-6,8,17H,2,7H2,1H3,(H2,14,15,16). The SMILES string of the molecule is CCc1c(N)ncnc1Oc1ccc(CO)cc1. The summed E-state index contributed by atoms with van der Waals surface area (Å²) in [7, 11) is 0. The van der Waals surface area contributed by atoms with Crippen LogP contribution in [-0.2, 0) is 13.0 Å². The highest BCUT2D eigenvalue weighted by atomic mass is 16.5. The molecule has 18 heavy (non-hydrogen) atoms. The molecule has 3 N–H and O–H groups in total. The second-order valence-corrected chi connectivity index (χ2v) is 3.80. The summed E-state index contributed by atoms with van der Waals surface area (Å²) in [4.78, 5) is 8.02. The summed E-state index contributed by atoms with van der Waals surface area (Å²) in [5.74, 6) is 1.57. The first-order valence-electron chi connectivity index (χ1n) is 5.71. The van der Waals surface area contributed by atoms with Crippen molar-refractivity contribution in [2.45, 2.75) is 20.0 Å². The van der Waals surface area contributed by atoms with Gasteiger partial charge in [-0.25, -0.2) is 9.97 Å². The molecule has 1 aromatic carbocycles. The Kier molecular flexibility index (Phi) is 3.74. The van der Waals surface area contributed by atoms with E-state index >= 15 is 0 Å². The molecule has 5 heteroatoms. The van der Waals surface area contributed by atoms with Crippen LogP contribution in [0, 0.1) is 0 Å². The Bertz CT molecular complexity index is 526. The number of aromatic nitrogens is 2. The summed E-state index contributed by atoms with van der Waals surface area (Å²) in [5, 5.41) is 8.96. The molecule has 2 rings (SSSR count). The van der Waals surface area contributed by atoms with Gasteiger partial charge >= 0.3 is 0 Å². The number of nitrogens with two attached hydrogens (primary N) is 1. The van der Waals surface area contributed by atoms with Gasteiger partial charge < -0.3 is 15.6 Å². The van der Waals surface area contributed by atoms with Crippen LogP contribution in [0.25, 0.3) is 0 Å².